The second kappa shape index (κ2) is 13.9. The number of benzene rings is 10. The van der Waals surface area contributed by atoms with Crippen molar-refractivity contribution in [1.29, 1.82) is 0 Å². The Kier molecular flexibility index (Phi) is 7.85. The van der Waals surface area contributed by atoms with Gasteiger partial charge in [0, 0.05) is 27.7 Å². The molecule has 0 atom stereocenters. The largest absolute Gasteiger partial charge is 0.310 e. The second-order valence-corrected chi connectivity index (χ2v) is 16.8. The molecule has 2 aliphatic rings. The number of para-hydroxylation sites is 3. The molecule has 0 bridgehead atoms. The van der Waals surface area contributed by atoms with Gasteiger partial charge in [-0.1, -0.05) is 200 Å². The Bertz CT molecular complexity index is 3520. The van der Waals surface area contributed by atoms with E-state index in [0.717, 1.165) is 17.1 Å². The molecule has 2 heterocycles. The predicted molar refractivity (Wildman–Crippen MR) is 263 cm³/mol. The van der Waals surface area contributed by atoms with Gasteiger partial charge in [-0.25, -0.2) is 0 Å². The molecule has 294 valence electrons. The monoisotopic (exact) mass is 800 g/mol. The first-order valence-electron chi connectivity index (χ1n) is 21.9. The predicted octanol–water partition coefficient (Wildman–Crippen LogP) is 15.9. The lowest BCUT2D eigenvalue weighted by atomic mass is 9.65. The van der Waals surface area contributed by atoms with Crippen LogP contribution in [0.15, 0.2) is 243 Å². The van der Waals surface area contributed by atoms with Crippen molar-refractivity contribution in [2.24, 2.45) is 0 Å². The minimum Gasteiger partial charge on any atom is -0.310 e. The van der Waals surface area contributed by atoms with Crippen molar-refractivity contribution in [2.75, 3.05) is 4.90 Å². The van der Waals surface area contributed by atoms with Crippen LogP contribution in [0.25, 0.3) is 72.0 Å². The number of nitrogens with zero attached hydrogens (tertiary/aromatic N) is 2. The zero-order valence-corrected chi connectivity index (χ0v) is 34.5. The van der Waals surface area contributed by atoms with Gasteiger partial charge in [-0.2, -0.15) is 0 Å². The number of rotatable bonds is 6. The van der Waals surface area contributed by atoms with E-state index >= 15 is 0 Å². The standard InChI is InChI=1S/C61H40N2/c1-3-18-41(19-4-1)42-34-36-44(37-35-42)62(57-32-15-11-26-50(57)47-23-8-7-22-46(47)43-20-5-2-6-21-43)45-38-39-58-52(40-45)51-27-17-31-56-60(51)63(58)59-33-16-14-30-55(59)61(56)53-28-12-9-24-48(53)49-25-10-13-29-54(49)61/h1-40H. The minimum atomic E-state index is -0.450. The van der Waals surface area contributed by atoms with Gasteiger partial charge in [-0.3, -0.25) is 0 Å². The van der Waals surface area contributed by atoms with Crippen molar-refractivity contribution < 1.29 is 0 Å². The van der Waals surface area contributed by atoms with Gasteiger partial charge in [0.25, 0.3) is 0 Å². The minimum absolute atomic E-state index is 0.450. The van der Waals surface area contributed by atoms with Gasteiger partial charge in [-0.05, 0) is 104 Å². The molecule has 1 aliphatic carbocycles. The molecule has 0 fully saturated rings. The summed E-state index contributed by atoms with van der Waals surface area (Å²) < 4.78 is 2.54. The molecule has 0 amide bonds. The molecular formula is C61H40N2. The number of fused-ring (bicyclic) bond motifs is 12. The SMILES string of the molecule is c1ccc(-c2ccc(N(c3ccc4c(c3)c3cccc5c3n4-c3ccccc3C53c4ccccc4-c4ccccc43)c3ccccc3-c3ccccc3-c3ccccc3)cc2)cc1. The Labute approximate surface area is 367 Å². The molecule has 63 heavy (non-hydrogen) atoms. The zero-order valence-electron chi connectivity index (χ0n) is 34.5. The van der Waals surface area contributed by atoms with E-state index in [1.165, 1.54) is 94.3 Å². The summed E-state index contributed by atoms with van der Waals surface area (Å²) in [5.74, 6) is 0. The van der Waals surface area contributed by atoms with Crippen molar-refractivity contribution >= 4 is 38.9 Å². The highest BCUT2D eigenvalue weighted by atomic mass is 15.1. The highest BCUT2D eigenvalue weighted by Gasteiger charge is 2.50. The van der Waals surface area contributed by atoms with Crippen molar-refractivity contribution in [2.45, 2.75) is 5.41 Å². The van der Waals surface area contributed by atoms with E-state index in [1.807, 2.05) is 0 Å². The number of hydrogen-bond acceptors (Lipinski definition) is 1. The Morgan fingerprint density at radius 1 is 0.317 bits per heavy atom. The van der Waals surface area contributed by atoms with Crippen LogP contribution in [0.4, 0.5) is 17.1 Å². The fourth-order valence-electron chi connectivity index (χ4n) is 11.0. The lowest BCUT2D eigenvalue weighted by Gasteiger charge is -2.39. The van der Waals surface area contributed by atoms with Crippen molar-refractivity contribution in [3.8, 4) is 50.2 Å². The topological polar surface area (TPSA) is 8.17 Å². The van der Waals surface area contributed by atoms with E-state index in [0.29, 0.717) is 0 Å². The van der Waals surface area contributed by atoms with E-state index in [-0.39, 0.29) is 0 Å². The average molecular weight is 801 g/mol. The highest BCUT2D eigenvalue weighted by Crippen LogP contribution is 2.61. The first-order valence-corrected chi connectivity index (χ1v) is 21.9. The summed E-state index contributed by atoms with van der Waals surface area (Å²) in [5.41, 5.74) is 21.7. The molecule has 1 aromatic heterocycles. The van der Waals surface area contributed by atoms with Crippen LogP contribution in [0.1, 0.15) is 22.3 Å². The summed E-state index contributed by atoms with van der Waals surface area (Å²) in [6.07, 6.45) is 0. The van der Waals surface area contributed by atoms with E-state index in [2.05, 4.69) is 252 Å². The number of anilines is 3. The Morgan fingerprint density at radius 2 is 0.841 bits per heavy atom. The normalized spacial score (nSPS) is 12.9. The van der Waals surface area contributed by atoms with Gasteiger partial charge in [0.15, 0.2) is 0 Å². The molecule has 0 unspecified atom stereocenters. The van der Waals surface area contributed by atoms with Gasteiger partial charge < -0.3 is 9.47 Å². The molecule has 13 rings (SSSR count). The molecule has 2 nitrogen and oxygen atoms in total. The van der Waals surface area contributed by atoms with Gasteiger partial charge in [-0.15, -0.1) is 0 Å². The third kappa shape index (κ3) is 5.13. The smallest absolute Gasteiger partial charge is 0.0754 e. The lowest BCUT2D eigenvalue weighted by Crippen LogP contribution is -2.33. The van der Waals surface area contributed by atoms with Gasteiger partial charge >= 0.3 is 0 Å². The zero-order chi connectivity index (χ0) is 41.5. The molecule has 1 aliphatic heterocycles. The van der Waals surface area contributed by atoms with Crippen LogP contribution in [0, 0.1) is 0 Å². The molecule has 1 spiro atoms. The molecule has 0 N–H and O–H groups in total. The lowest BCUT2D eigenvalue weighted by molar-refractivity contribution is 0.748. The summed E-state index contributed by atoms with van der Waals surface area (Å²) in [6.45, 7) is 0. The highest BCUT2D eigenvalue weighted by molar-refractivity contribution is 6.14. The summed E-state index contributed by atoms with van der Waals surface area (Å²) >= 11 is 0. The molecular weight excluding hydrogens is 761 g/mol. The number of aromatic nitrogens is 1. The molecule has 0 radical (unpaired) electrons. The summed E-state index contributed by atoms with van der Waals surface area (Å²) in [4.78, 5) is 2.46. The van der Waals surface area contributed by atoms with Crippen molar-refractivity contribution in [3.63, 3.8) is 0 Å². The number of hydrogen-bond donors (Lipinski definition) is 0. The molecule has 0 saturated heterocycles. The first-order chi connectivity index (χ1) is 31.3. The van der Waals surface area contributed by atoms with Crippen LogP contribution < -0.4 is 4.90 Å². The van der Waals surface area contributed by atoms with Crippen molar-refractivity contribution in [3.05, 3.63) is 265 Å². The van der Waals surface area contributed by atoms with Crippen LogP contribution in [-0.4, -0.2) is 4.57 Å². The first kappa shape index (κ1) is 35.5. The molecule has 10 aromatic carbocycles. The van der Waals surface area contributed by atoms with Crippen molar-refractivity contribution in [1.82, 2.24) is 4.57 Å². The Hall–Kier alpha value is -8.20. The van der Waals surface area contributed by atoms with E-state index in [9.17, 15) is 0 Å². The van der Waals surface area contributed by atoms with Gasteiger partial charge in [0.05, 0.1) is 27.8 Å². The fourth-order valence-corrected chi connectivity index (χ4v) is 11.0. The summed E-state index contributed by atoms with van der Waals surface area (Å²) in [6, 6.07) is 89.4. The molecule has 2 heteroatoms. The van der Waals surface area contributed by atoms with Crippen LogP contribution in [-0.2, 0) is 5.41 Å². The third-order valence-electron chi connectivity index (χ3n) is 13.6. The van der Waals surface area contributed by atoms with E-state index < -0.39 is 5.41 Å². The van der Waals surface area contributed by atoms with Crippen LogP contribution in [0.3, 0.4) is 0 Å². The van der Waals surface area contributed by atoms with Crippen LogP contribution in [0.2, 0.25) is 0 Å². The Morgan fingerprint density at radius 3 is 1.56 bits per heavy atom. The van der Waals surface area contributed by atoms with E-state index in [1.54, 1.807) is 0 Å². The van der Waals surface area contributed by atoms with E-state index in [4.69, 9.17) is 0 Å². The van der Waals surface area contributed by atoms with Gasteiger partial charge in [0.1, 0.15) is 0 Å². The average Bonchev–Trinajstić information content (AvgIpc) is 3.85. The summed E-state index contributed by atoms with van der Waals surface area (Å²) in [5, 5.41) is 2.48. The van der Waals surface area contributed by atoms with Crippen LogP contribution >= 0.6 is 0 Å². The maximum atomic E-state index is 2.54. The molecule has 11 aromatic rings. The van der Waals surface area contributed by atoms with Crippen LogP contribution in [0.5, 0.6) is 0 Å². The quantitative estimate of drug-likeness (QED) is 0.163. The van der Waals surface area contributed by atoms with Gasteiger partial charge in [0.2, 0.25) is 0 Å². The third-order valence-corrected chi connectivity index (χ3v) is 13.6. The second-order valence-electron chi connectivity index (χ2n) is 16.8. The maximum Gasteiger partial charge on any atom is 0.0754 e. The summed E-state index contributed by atoms with van der Waals surface area (Å²) in [7, 11) is 0. The molecule has 0 saturated carbocycles. The maximum absolute atomic E-state index is 2.54. The Balaban J connectivity index is 1.07. The fraction of sp³-hybridized carbons (Fsp3) is 0.0164.